The molecule has 92 valence electrons. The molecule has 0 spiro atoms. The molecule has 1 heterocycles. The largest absolute Gasteiger partial charge is 0.574 e. The van der Waals surface area contributed by atoms with Gasteiger partial charge in [-0.1, -0.05) is 0 Å². The van der Waals surface area contributed by atoms with Crippen molar-refractivity contribution < 1.29 is 22.3 Å². The molecule has 0 radical (unpaired) electrons. The van der Waals surface area contributed by atoms with E-state index in [-0.39, 0.29) is 17.7 Å². The molecule has 3 nitrogen and oxygen atoms in total. The number of ether oxygens (including phenoxy) is 1. The number of rotatable bonds is 3. The molecule has 1 aromatic heterocycles. The Bertz CT molecular complexity index is 451. The smallest absolute Gasteiger partial charge is 0.388 e. The molecule has 0 N–H and O–H groups in total. The summed E-state index contributed by atoms with van der Waals surface area (Å²) >= 11 is 0. The lowest BCUT2D eigenvalue weighted by Crippen LogP contribution is -2.19. The van der Waals surface area contributed by atoms with Gasteiger partial charge in [-0.2, -0.15) is 5.26 Å². The predicted octanol–water partition coefficient (Wildman–Crippen LogP) is 2.82. The highest BCUT2D eigenvalue weighted by Gasteiger charge is 2.33. The molecule has 0 aliphatic carbocycles. The van der Waals surface area contributed by atoms with Gasteiger partial charge in [0.25, 0.3) is 0 Å². The molecule has 0 bridgehead atoms. The van der Waals surface area contributed by atoms with Crippen LogP contribution in [0.15, 0.2) is 6.07 Å². The van der Waals surface area contributed by atoms with Gasteiger partial charge in [-0.3, -0.25) is 0 Å². The van der Waals surface area contributed by atoms with Crippen molar-refractivity contribution in [1.29, 1.82) is 5.26 Å². The number of aryl methyl sites for hydroxylation is 1. The maximum absolute atomic E-state index is 12.4. The number of aromatic nitrogens is 1. The van der Waals surface area contributed by atoms with Gasteiger partial charge in [-0.25, -0.2) is 9.37 Å². The van der Waals surface area contributed by atoms with Crippen LogP contribution in [0.25, 0.3) is 0 Å². The first-order valence-corrected chi connectivity index (χ1v) is 4.55. The Balaban J connectivity index is 3.23. The van der Waals surface area contributed by atoms with E-state index in [1.165, 1.54) is 13.0 Å². The summed E-state index contributed by atoms with van der Waals surface area (Å²) in [6.07, 6.45) is -5.20. The Kier molecular flexibility index (Phi) is 3.89. The molecule has 1 aromatic rings. The fourth-order valence-electron chi connectivity index (χ4n) is 1.29. The van der Waals surface area contributed by atoms with Crippen LogP contribution >= 0.6 is 0 Å². The van der Waals surface area contributed by atoms with E-state index in [9.17, 15) is 17.6 Å². The fourth-order valence-corrected chi connectivity index (χ4v) is 1.29. The van der Waals surface area contributed by atoms with E-state index in [0.717, 1.165) is 0 Å². The summed E-state index contributed by atoms with van der Waals surface area (Å²) in [5, 5.41) is 8.50. The fraction of sp³-hybridized carbons (Fsp3) is 0.400. The molecule has 0 unspecified atom stereocenters. The van der Waals surface area contributed by atoms with Crippen LogP contribution in [0.2, 0.25) is 0 Å². The van der Waals surface area contributed by atoms with Crippen molar-refractivity contribution in [3.8, 4) is 11.9 Å². The van der Waals surface area contributed by atoms with Gasteiger partial charge >= 0.3 is 6.36 Å². The van der Waals surface area contributed by atoms with Crippen LogP contribution < -0.4 is 4.74 Å². The standard InChI is InChI=1S/C10H8F4N2O/c1-6-4-7(5-11)16-9(8(6)2-3-15)17-10(12,13)14/h4H,2,5H2,1H3. The third-order valence-corrected chi connectivity index (χ3v) is 1.97. The van der Waals surface area contributed by atoms with Gasteiger partial charge in [0.05, 0.1) is 18.2 Å². The van der Waals surface area contributed by atoms with Crippen molar-refractivity contribution in [2.24, 2.45) is 0 Å². The molecule has 1 rings (SSSR count). The van der Waals surface area contributed by atoms with E-state index in [1.807, 2.05) is 0 Å². The summed E-state index contributed by atoms with van der Waals surface area (Å²) < 4.78 is 52.3. The van der Waals surface area contributed by atoms with E-state index < -0.39 is 18.9 Å². The van der Waals surface area contributed by atoms with Gasteiger partial charge in [-0.15, -0.1) is 13.2 Å². The Morgan fingerprint density at radius 2 is 2.12 bits per heavy atom. The van der Waals surface area contributed by atoms with Gasteiger partial charge in [0.2, 0.25) is 5.88 Å². The normalized spacial score (nSPS) is 11.1. The number of pyridine rings is 1. The molecule has 17 heavy (non-hydrogen) atoms. The SMILES string of the molecule is Cc1cc(CF)nc(OC(F)(F)F)c1CC#N. The molecule has 7 heteroatoms. The number of nitrogens with zero attached hydrogens (tertiary/aromatic N) is 2. The second-order valence-electron chi connectivity index (χ2n) is 3.23. The summed E-state index contributed by atoms with van der Waals surface area (Å²) in [5.74, 6) is -0.758. The Labute approximate surface area is 94.6 Å². The Morgan fingerprint density at radius 3 is 2.59 bits per heavy atom. The zero-order chi connectivity index (χ0) is 13.1. The van der Waals surface area contributed by atoms with Gasteiger partial charge in [0.1, 0.15) is 6.67 Å². The van der Waals surface area contributed by atoms with E-state index in [4.69, 9.17) is 5.26 Å². The monoisotopic (exact) mass is 248 g/mol. The highest BCUT2D eigenvalue weighted by atomic mass is 19.4. The number of hydrogen-bond acceptors (Lipinski definition) is 3. The number of hydrogen-bond donors (Lipinski definition) is 0. The predicted molar refractivity (Wildman–Crippen MR) is 49.8 cm³/mol. The summed E-state index contributed by atoms with van der Waals surface area (Å²) in [6, 6.07) is 2.99. The van der Waals surface area contributed by atoms with Crippen LogP contribution in [-0.4, -0.2) is 11.3 Å². The number of alkyl halides is 4. The van der Waals surface area contributed by atoms with Gasteiger partial charge in [-0.05, 0) is 18.6 Å². The molecule has 0 saturated heterocycles. The van der Waals surface area contributed by atoms with Crippen molar-refractivity contribution in [2.45, 2.75) is 26.4 Å². The van der Waals surface area contributed by atoms with Gasteiger partial charge in [0, 0.05) is 5.56 Å². The molecule has 0 aliphatic heterocycles. The topological polar surface area (TPSA) is 45.9 Å². The van der Waals surface area contributed by atoms with Gasteiger partial charge in [0.15, 0.2) is 0 Å². The number of halogens is 4. The van der Waals surface area contributed by atoms with Crippen LogP contribution in [0.5, 0.6) is 5.88 Å². The maximum Gasteiger partial charge on any atom is 0.574 e. The molecular weight excluding hydrogens is 240 g/mol. The van der Waals surface area contributed by atoms with Crippen LogP contribution in [-0.2, 0) is 13.1 Å². The zero-order valence-electron chi connectivity index (χ0n) is 8.81. The Morgan fingerprint density at radius 1 is 1.47 bits per heavy atom. The first-order valence-electron chi connectivity index (χ1n) is 4.55. The molecule has 0 saturated carbocycles. The molecule has 0 aromatic carbocycles. The van der Waals surface area contributed by atoms with Crippen molar-refractivity contribution in [1.82, 2.24) is 4.98 Å². The number of nitriles is 1. The van der Waals surface area contributed by atoms with Crippen LogP contribution in [0, 0.1) is 18.3 Å². The van der Waals surface area contributed by atoms with E-state index in [0.29, 0.717) is 5.56 Å². The maximum atomic E-state index is 12.4. The zero-order valence-corrected chi connectivity index (χ0v) is 8.81. The lowest BCUT2D eigenvalue weighted by molar-refractivity contribution is -0.276. The second-order valence-corrected chi connectivity index (χ2v) is 3.23. The van der Waals surface area contributed by atoms with Crippen molar-refractivity contribution >= 4 is 0 Å². The summed E-state index contributed by atoms with van der Waals surface area (Å²) in [6.45, 7) is 0.471. The third kappa shape index (κ3) is 3.59. The molecule has 0 aliphatic rings. The van der Waals surface area contributed by atoms with Crippen LogP contribution in [0.3, 0.4) is 0 Å². The molecular formula is C10H8F4N2O. The van der Waals surface area contributed by atoms with Crippen molar-refractivity contribution in [2.75, 3.05) is 0 Å². The van der Waals surface area contributed by atoms with E-state index in [1.54, 1.807) is 6.07 Å². The highest BCUT2D eigenvalue weighted by Crippen LogP contribution is 2.27. The summed E-state index contributed by atoms with van der Waals surface area (Å²) in [7, 11) is 0. The Hall–Kier alpha value is -1.84. The second kappa shape index (κ2) is 4.99. The van der Waals surface area contributed by atoms with Crippen molar-refractivity contribution in [3.05, 3.63) is 22.9 Å². The van der Waals surface area contributed by atoms with Crippen LogP contribution in [0.4, 0.5) is 17.6 Å². The minimum Gasteiger partial charge on any atom is -0.388 e. The first-order chi connectivity index (χ1) is 7.87. The molecule has 0 fully saturated rings. The van der Waals surface area contributed by atoms with E-state index in [2.05, 4.69) is 9.72 Å². The first kappa shape index (κ1) is 13.2. The highest BCUT2D eigenvalue weighted by molar-refractivity contribution is 5.38. The molecule has 0 atom stereocenters. The minimum absolute atomic E-state index is 0.0158. The quantitative estimate of drug-likeness (QED) is 0.772. The lowest BCUT2D eigenvalue weighted by Gasteiger charge is -2.13. The summed E-state index contributed by atoms with van der Waals surface area (Å²) in [4.78, 5) is 3.39. The van der Waals surface area contributed by atoms with E-state index >= 15 is 0 Å². The average molecular weight is 248 g/mol. The molecule has 0 amide bonds. The van der Waals surface area contributed by atoms with Gasteiger partial charge < -0.3 is 4.74 Å². The lowest BCUT2D eigenvalue weighted by atomic mass is 10.1. The summed E-state index contributed by atoms with van der Waals surface area (Å²) in [5.41, 5.74) is 0.193. The third-order valence-electron chi connectivity index (χ3n) is 1.97. The minimum atomic E-state index is -4.92. The van der Waals surface area contributed by atoms with Crippen LogP contribution in [0.1, 0.15) is 16.8 Å². The average Bonchev–Trinajstić information content (AvgIpc) is 2.20. The van der Waals surface area contributed by atoms with Crippen molar-refractivity contribution in [3.63, 3.8) is 0 Å².